The van der Waals surface area contributed by atoms with Crippen molar-refractivity contribution in [1.82, 2.24) is 4.31 Å². The van der Waals surface area contributed by atoms with Gasteiger partial charge in [-0.1, -0.05) is 18.0 Å². The highest BCUT2D eigenvalue weighted by Crippen LogP contribution is 2.31. The van der Waals surface area contributed by atoms with E-state index in [2.05, 4.69) is 15.9 Å². The summed E-state index contributed by atoms with van der Waals surface area (Å²) in [4.78, 5) is 0.247. The molecule has 4 nitrogen and oxygen atoms in total. The van der Waals surface area contributed by atoms with Crippen LogP contribution in [0.2, 0.25) is 5.02 Å². The van der Waals surface area contributed by atoms with E-state index in [4.69, 9.17) is 17.3 Å². The van der Waals surface area contributed by atoms with Crippen LogP contribution in [0.4, 0.5) is 0 Å². The van der Waals surface area contributed by atoms with E-state index in [0.717, 1.165) is 19.3 Å². The zero-order valence-electron chi connectivity index (χ0n) is 10.8. The minimum absolute atomic E-state index is 0. The molecule has 20 heavy (non-hydrogen) atoms. The largest absolute Gasteiger partial charge is 0.329 e. The Balaban J connectivity index is 0.00000200. The van der Waals surface area contributed by atoms with Crippen LogP contribution in [0.1, 0.15) is 19.3 Å². The van der Waals surface area contributed by atoms with Crippen LogP contribution in [-0.2, 0) is 10.0 Å². The Labute approximate surface area is 139 Å². The first-order chi connectivity index (χ1) is 8.96. The smallest absolute Gasteiger partial charge is 0.244 e. The molecular weight excluding hydrogens is 387 g/mol. The molecule has 114 valence electrons. The van der Waals surface area contributed by atoms with Crippen LogP contribution < -0.4 is 5.73 Å². The first kappa shape index (κ1) is 18.2. The van der Waals surface area contributed by atoms with Crippen molar-refractivity contribution < 1.29 is 8.42 Å². The Morgan fingerprint density at radius 2 is 2.10 bits per heavy atom. The number of sulfonamides is 1. The van der Waals surface area contributed by atoms with Gasteiger partial charge in [0.25, 0.3) is 0 Å². The minimum Gasteiger partial charge on any atom is -0.329 e. The number of nitrogens with two attached hydrogens (primary N) is 1. The van der Waals surface area contributed by atoms with Gasteiger partial charge < -0.3 is 5.73 Å². The number of rotatable bonds is 3. The van der Waals surface area contributed by atoms with Crippen molar-refractivity contribution in [3.63, 3.8) is 0 Å². The normalized spacial score (nSPS) is 20.4. The van der Waals surface area contributed by atoms with Crippen LogP contribution in [0.15, 0.2) is 27.6 Å². The van der Waals surface area contributed by atoms with Crippen molar-refractivity contribution in [2.45, 2.75) is 30.2 Å². The zero-order chi connectivity index (χ0) is 14.0. The Morgan fingerprint density at radius 1 is 1.40 bits per heavy atom. The Kier molecular flexibility index (Phi) is 6.76. The quantitative estimate of drug-likeness (QED) is 0.843. The van der Waals surface area contributed by atoms with Crippen molar-refractivity contribution >= 4 is 50.0 Å². The van der Waals surface area contributed by atoms with Crippen LogP contribution in [0.25, 0.3) is 0 Å². The molecule has 0 spiro atoms. The average Bonchev–Trinajstić information content (AvgIpc) is 2.38. The van der Waals surface area contributed by atoms with E-state index in [1.165, 1.54) is 10.4 Å². The number of piperidine rings is 1. The van der Waals surface area contributed by atoms with Gasteiger partial charge in [-0.2, -0.15) is 4.31 Å². The molecule has 1 heterocycles. The summed E-state index contributed by atoms with van der Waals surface area (Å²) in [5.74, 6) is 0. The molecule has 1 aromatic rings. The molecule has 2 N–H and O–H groups in total. The second-order valence-electron chi connectivity index (χ2n) is 4.58. The molecule has 1 aromatic carbocycles. The van der Waals surface area contributed by atoms with Crippen molar-refractivity contribution in [2.24, 2.45) is 5.73 Å². The zero-order valence-corrected chi connectivity index (χ0v) is 14.7. The molecule has 0 radical (unpaired) electrons. The van der Waals surface area contributed by atoms with Gasteiger partial charge in [-0.15, -0.1) is 12.4 Å². The van der Waals surface area contributed by atoms with Crippen molar-refractivity contribution in [2.75, 3.05) is 13.1 Å². The molecular formula is C12H17BrCl2N2O2S. The molecule has 0 amide bonds. The standard InChI is InChI=1S/C12H16BrClN2O2S.ClH/c13-11-7-9(14)4-5-12(11)19(17,18)16-6-2-1-3-10(16)8-15;/h4-5,7,10H,1-3,6,8,15H2;1H. The topological polar surface area (TPSA) is 63.4 Å². The van der Waals surface area contributed by atoms with E-state index in [0.29, 0.717) is 22.6 Å². The third-order valence-electron chi connectivity index (χ3n) is 3.33. The summed E-state index contributed by atoms with van der Waals surface area (Å²) in [6, 6.07) is 4.60. The molecule has 1 atom stereocenters. The van der Waals surface area contributed by atoms with Gasteiger partial charge in [-0.3, -0.25) is 0 Å². The van der Waals surface area contributed by atoms with Crippen LogP contribution in [0, 0.1) is 0 Å². The molecule has 1 fully saturated rings. The molecule has 0 bridgehead atoms. The third-order valence-corrected chi connectivity index (χ3v) is 6.49. The molecule has 0 aromatic heterocycles. The third kappa shape index (κ3) is 3.67. The van der Waals surface area contributed by atoms with Crippen molar-refractivity contribution in [3.8, 4) is 0 Å². The predicted octanol–water partition coefficient (Wildman–Crippen LogP) is 3.03. The fourth-order valence-electron chi connectivity index (χ4n) is 2.34. The molecule has 2 rings (SSSR count). The molecule has 1 saturated heterocycles. The van der Waals surface area contributed by atoms with Crippen molar-refractivity contribution in [3.05, 3.63) is 27.7 Å². The van der Waals surface area contributed by atoms with Gasteiger partial charge in [-0.05, 0) is 47.0 Å². The van der Waals surface area contributed by atoms with Gasteiger partial charge in [0.1, 0.15) is 0 Å². The monoisotopic (exact) mass is 402 g/mol. The van der Waals surface area contributed by atoms with E-state index >= 15 is 0 Å². The number of halogens is 3. The summed E-state index contributed by atoms with van der Waals surface area (Å²) in [5.41, 5.74) is 5.69. The fraction of sp³-hybridized carbons (Fsp3) is 0.500. The first-order valence-electron chi connectivity index (χ1n) is 6.14. The number of hydrogen-bond acceptors (Lipinski definition) is 3. The van der Waals surface area contributed by atoms with Gasteiger partial charge in [0, 0.05) is 28.6 Å². The Morgan fingerprint density at radius 3 is 2.70 bits per heavy atom. The molecule has 8 heteroatoms. The summed E-state index contributed by atoms with van der Waals surface area (Å²) >= 11 is 9.12. The van der Waals surface area contributed by atoms with Gasteiger partial charge in [-0.25, -0.2) is 8.42 Å². The van der Waals surface area contributed by atoms with Gasteiger partial charge in [0.05, 0.1) is 4.90 Å². The lowest BCUT2D eigenvalue weighted by atomic mass is 10.1. The number of nitrogens with zero attached hydrogens (tertiary/aromatic N) is 1. The maximum Gasteiger partial charge on any atom is 0.244 e. The van der Waals surface area contributed by atoms with Gasteiger partial charge >= 0.3 is 0 Å². The van der Waals surface area contributed by atoms with Crippen LogP contribution in [-0.4, -0.2) is 31.9 Å². The fourth-order valence-corrected chi connectivity index (χ4v) is 5.38. The number of hydrogen-bond donors (Lipinski definition) is 1. The highest BCUT2D eigenvalue weighted by atomic mass is 79.9. The Bertz CT molecular complexity index is 569. The summed E-state index contributed by atoms with van der Waals surface area (Å²) in [6.45, 7) is 0.879. The molecule has 1 aliphatic rings. The average molecular weight is 404 g/mol. The summed E-state index contributed by atoms with van der Waals surface area (Å²) in [7, 11) is -3.52. The highest BCUT2D eigenvalue weighted by Gasteiger charge is 2.33. The minimum atomic E-state index is -3.52. The van der Waals surface area contributed by atoms with Crippen LogP contribution in [0.3, 0.4) is 0 Å². The first-order valence-corrected chi connectivity index (χ1v) is 8.75. The highest BCUT2D eigenvalue weighted by molar-refractivity contribution is 9.10. The van der Waals surface area contributed by atoms with E-state index in [-0.39, 0.29) is 23.3 Å². The van der Waals surface area contributed by atoms with E-state index in [1.807, 2.05) is 0 Å². The van der Waals surface area contributed by atoms with E-state index < -0.39 is 10.0 Å². The Hall–Kier alpha value is 0.150. The second-order valence-corrected chi connectivity index (χ2v) is 7.73. The molecule has 0 aliphatic carbocycles. The summed E-state index contributed by atoms with van der Waals surface area (Å²) < 4.78 is 27.4. The number of benzene rings is 1. The maximum atomic E-state index is 12.7. The lowest BCUT2D eigenvalue weighted by molar-refractivity contribution is 0.257. The van der Waals surface area contributed by atoms with Crippen molar-refractivity contribution in [1.29, 1.82) is 0 Å². The van der Waals surface area contributed by atoms with Crippen LogP contribution in [0.5, 0.6) is 0 Å². The second kappa shape index (κ2) is 7.42. The lowest BCUT2D eigenvalue weighted by Crippen LogP contribution is -2.47. The van der Waals surface area contributed by atoms with Gasteiger partial charge in [0.2, 0.25) is 10.0 Å². The van der Waals surface area contributed by atoms with Crippen LogP contribution >= 0.6 is 39.9 Å². The predicted molar refractivity (Wildman–Crippen MR) is 87.0 cm³/mol. The summed E-state index contributed by atoms with van der Waals surface area (Å²) in [6.07, 6.45) is 2.72. The molecule has 1 unspecified atom stereocenters. The van der Waals surface area contributed by atoms with E-state index in [1.54, 1.807) is 12.1 Å². The van der Waals surface area contributed by atoms with Gasteiger partial charge in [0.15, 0.2) is 0 Å². The molecule has 1 aliphatic heterocycles. The molecule has 0 saturated carbocycles. The summed E-state index contributed by atoms with van der Waals surface area (Å²) in [5, 5.41) is 0.500. The SMILES string of the molecule is Cl.NCC1CCCCN1S(=O)(=O)c1ccc(Cl)cc1Br. The maximum absolute atomic E-state index is 12.7. The lowest BCUT2D eigenvalue weighted by Gasteiger charge is -2.34. The van der Waals surface area contributed by atoms with E-state index in [9.17, 15) is 8.42 Å².